The first-order chi connectivity index (χ1) is 11.3. The van der Waals surface area contributed by atoms with Crippen molar-refractivity contribution in [2.75, 3.05) is 20.3 Å². The molecule has 0 bridgehead atoms. The fourth-order valence-electron chi connectivity index (χ4n) is 2.03. The van der Waals surface area contributed by atoms with Crippen LogP contribution in [0.3, 0.4) is 0 Å². The lowest BCUT2D eigenvalue weighted by molar-refractivity contribution is 0.305. The van der Waals surface area contributed by atoms with Gasteiger partial charge in [-0.25, -0.2) is 21.9 Å². The lowest BCUT2D eigenvalue weighted by atomic mass is 10.2. The van der Waals surface area contributed by atoms with Crippen molar-refractivity contribution in [2.24, 2.45) is 0 Å². The average Bonchev–Trinajstić information content (AvgIpc) is 2.53. The minimum absolute atomic E-state index is 0.0653. The Morgan fingerprint density at radius 3 is 2.42 bits per heavy atom. The third-order valence-corrected chi connectivity index (χ3v) is 4.68. The number of hydrogen-bond acceptors (Lipinski definition) is 4. The number of methoxy groups -OCH3 is 1. The molecule has 24 heavy (non-hydrogen) atoms. The summed E-state index contributed by atoms with van der Waals surface area (Å²) in [5.74, 6) is -1.11. The topological polar surface area (TPSA) is 64.6 Å². The molecule has 0 saturated carbocycles. The molecule has 0 atom stereocenters. The highest BCUT2D eigenvalue weighted by molar-refractivity contribution is 7.89. The summed E-state index contributed by atoms with van der Waals surface area (Å²) in [5, 5.41) is 0. The first kappa shape index (κ1) is 18.2. The minimum Gasteiger partial charge on any atom is -0.496 e. The van der Waals surface area contributed by atoms with Crippen LogP contribution in [-0.2, 0) is 10.0 Å². The van der Waals surface area contributed by atoms with Crippen LogP contribution in [0.4, 0.5) is 8.78 Å². The molecule has 2 aromatic rings. The van der Waals surface area contributed by atoms with Gasteiger partial charge in [0.05, 0.1) is 12.0 Å². The third-order valence-electron chi connectivity index (χ3n) is 3.22. The molecule has 0 unspecified atom stereocenters. The van der Waals surface area contributed by atoms with E-state index in [9.17, 15) is 17.2 Å². The van der Waals surface area contributed by atoms with Crippen molar-refractivity contribution in [3.8, 4) is 11.5 Å². The van der Waals surface area contributed by atoms with Gasteiger partial charge in [-0.05, 0) is 42.8 Å². The standard InChI is InChI=1S/C16H17F2NO4S/c1-11-9-13(4-6-15(11)22-2)24(20,21)19-7-8-23-16-5-3-12(17)10-14(16)18/h3-6,9-10,19H,7-8H2,1-2H3. The molecule has 5 nitrogen and oxygen atoms in total. The van der Waals surface area contributed by atoms with E-state index in [4.69, 9.17) is 9.47 Å². The summed E-state index contributed by atoms with van der Waals surface area (Å²) in [5.41, 5.74) is 0.685. The van der Waals surface area contributed by atoms with E-state index < -0.39 is 21.7 Å². The van der Waals surface area contributed by atoms with E-state index in [0.717, 1.165) is 12.1 Å². The summed E-state index contributed by atoms with van der Waals surface area (Å²) in [6.07, 6.45) is 0. The van der Waals surface area contributed by atoms with E-state index in [2.05, 4.69) is 4.72 Å². The molecule has 8 heteroatoms. The van der Waals surface area contributed by atoms with E-state index in [0.29, 0.717) is 17.4 Å². The Hall–Kier alpha value is -2.19. The van der Waals surface area contributed by atoms with Crippen LogP contribution in [0.15, 0.2) is 41.3 Å². The summed E-state index contributed by atoms with van der Waals surface area (Å²) >= 11 is 0. The maximum absolute atomic E-state index is 13.4. The van der Waals surface area contributed by atoms with Crippen molar-refractivity contribution in [2.45, 2.75) is 11.8 Å². The Labute approximate surface area is 139 Å². The van der Waals surface area contributed by atoms with Crippen molar-refractivity contribution in [3.05, 3.63) is 53.6 Å². The summed E-state index contributed by atoms with van der Waals surface area (Å²) in [6.45, 7) is 1.57. The summed E-state index contributed by atoms with van der Waals surface area (Å²) < 4.78 is 63.0. The molecular weight excluding hydrogens is 340 g/mol. The second-order valence-corrected chi connectivity index (χ2v) is 6.72. The molecule has 2 rings (SSSR count). The third kappa shape index (κ3) is 4.42. The van der Waals surface area contributed by atoms with Crippen molar-refractivity contribution in [1.29, 1.82) is 0 Å². The zero-order valence-corrected chi connectivity index (χ0v) is 14.0. The van der Waals surface area contributed by atoms with E-state index >= 15 is 0 Å². The highest BCUT2D eigenvalue weighted by Crippen LogP contribution is 2.21. The highest BCUT2D eigenvalue weighted by Gasteiger charge is 2.15. The van der Waals surface area contributed by atoms with Gasteiger partial charge in [-0.1, -0.05) is 0 Å². The summed E-state index contributed by atoms with van der Waals surface area (Å²) in [6, 6.07) is 7.37. The Bertz CT molecular complexity index is 825. The molecular formula is C16H17F2NO4S. The molecule has 0 aromatic heterocycles. The summed E-state index contributed by atoms with van der Waals surface area (Å²) in [7, 11) is -2.22. The normalized spacial score (nSPS) is 11.3. The zero-order chi connectivity index (χ0) is 17.7. The van der Waals surface area contributed by atoms with Crippen LogP contribution in [-0.4, -0.2) is 28.7 Å². The highest BCUT2D eigenvalue weighted by atomic mass is 32.2. The molecule has 0 saturated heterocycles. The van der Waals surface area contributed by atoms with Crippen LogP contribution in [0.5, 0.6) is 11.5 Å². The van der Waals surface area contributed by atoms with Gasteiger partial charge in [-0.3, -0.25) is 0 Å². The van der Waals surface area contributed by atoms with Gasteiger partial charge >= 0.3 is 0 Å². The van der Waals surface area contributed by atoms with Gasteiger partial charge in [0.15, 0.2) is 11.6 Å². The molecule has 0 aliphatic heterocycles. The second kappa shape index (κ2) is 7.59. The van der Waals surface area contributed by atoms with Gasteiger partial charge in [0.1, 0.15) is 18.2 Å². The fourth-order valence-corrected chi connectivity index (χ4v) is 3.13. The van der Waals surface area contributed by atoms with E-state index in [-0.39, 0.29) is 23.8 Å². The van der Waals surface area contributed by atoms with Crippen molar-refractivity contribution >= 4 is 10.0 Å². The number of sulfonamides is 1. The Kier molecular flexibility index (Phi) is 5.74. The van der Waals surface area contributed by atoms with Crippen molar-refractivity contribution in [3.63, 3.8) is 0 Å². The monoisotopic (exact) mass is 357 g/mol. The number of benzene rings is 2. The molecule has 0 aliphatic carbocycles. The van der Waals surface area contributed by atoms with E-state index in [1.165, 1.54) is 19.2 Å². The molecule has 1 N–H and O–H groups in total. The van der Waals surface area contributed by atoms with E-state index in [1.807, 2.05) is 0 Å². The fraction of sp³-hybridized carbons (Fsp3) is 0.250. The molecule has 0 amide bonds. The SMILES string of the molecule is COc1ccc(S(=O)(=O)NCCOc2ccc(F)cc2F)cc1C. The summed E-state index contributed by atoms with van der Waals surface area (Å²) in [4.78, 5) is 0.0914. The minimum atomic E-state index is -3.72. The second-order valence-electron chi connectivity index (χ2n) is 4.95. The number of nitrogens with one attached hydrogen (secondary N) is 1. The molecule has 130 valence electrons. The number of hydrogen-bond donors (Lipinski definition) is 1. The van der Waals surface area contributed by atoms with Crippen molar-refractivity contribution < 1.29 is 26.7 Å². The molecule has 0 fully saturated rings. The largest absolute Gasteiger partial charge is 0.496 e. The molecule has 2 aromatic carbocycles. The number of aryl methyl sites for hydroxylation is 1. The zero-order valence-electron chi connectivity index (χ0n) is 13.2. The average molecular weight is 357 g/mol. The first-order valence-corrected chi connectivity index (χ1v) is 8.54. The Balaban J connectivity index is 1.94. The number of rotatable bonds is 7. The maximum Gasteiger partial charge on any atom is 0.240 e. The predicted molar refractivity (Wildman–Crippen MR) is 84.8 cm³/mol. The van der Waals surface area contributed by atoms with Crippen LogP contribution in [0.2, 0.25) is 0 Å². The van der Waals surface area contributed by atoms with Crippen LogP contribution in [0, 0.1) is 18.6 Å². The van der Waals surface area contributed by atoms with Gasteiger partial charge in [0, 0.05) is 12.6 Å². The Morgan fingerprint density at radius 2 is 1.79 bits per heavy atom. The van der Waals surface area contributed by atoms with Gasteiger partial charge in [-0.2, -0.15) is 0 Å². The number of halogens is 2. The smallest absolute Gasteiger partial charge is 0.240 e. The molecule has 0 radical (unpaired) electrons. The molecule has 0 heterocycles. The van der Waals surface area contributed by atoms with Crippen LogP contribution >= 0.6 is 0 Å². The lowest BCUT2D eigenvalue weighted by Crippen LogP contribution is -2.28. The quantitative estimate of drug-likeness (QED) is 0.774. The Morgan fingerprint density at radius 1 is 1.08 bits per heavy atom. The predicted octanol–water partition coefficient (Wildman–Crippen LogP) is 2.64. The van der Waals surface area contributed by atoms with Crippen LogP contribution in [0.25, 0.3) is 0 Å². The van der Waals surface area contributed by atoms with Crippen LogP contribution in [0.1, 0.15) is 5.56 Å². The maximum atomic E-state index is 13.4. The molecule has 0 aliphatic rings. The first-order valence-electron chi connectivity index (χ1n) is 7.05. The number of ether oxygens (including phenoxy) is 2. The van der Waals surface area contributed by atoms with Gasteiger partial charge in [-0.15, -0.1) is 0 Å². The molecule has 0 spiro atoms. The van der Waals surface area contributed by atoms with Crippen molar-refractivity contribution in [1.82, 2.24) is 4.72 Å². The van der Waals surface area contributed by atoms with Gasteiger partial charge in [0.2, 0.25) is 10.0 Å². The van der Waals surface area contributed by atoms with E-state index in [1.54, 1.807) is 13.0 Å². The van der Waals surface area contributed by atoms with Gasteiger partial charge < -0.3 is 9.47 Å². The lowest BCUT2D eigenvalue weighted by Gasteiger charge is -2.11. The van der Waals surface area contributed by atoms with Crippen LogP contribution < -0.4 is 14.2 Å². The van der Waals surface area contributed by atoms with Gasteiger partial charge in [0.25, 0.3) is 0 Å².